The molecule has 0 aliphatic heterocycles. The molecule has 0 spiro atoms. The number of halogens is 1. The first-order chi connectivity index (χ1) is 8.09. The van der Waals surface area contributed by atoms with Crippen molar-refractivity contribution in [1.29, 1.82) is 0 Å². The summed E-state index contributed by atoms with van der Waals surface area (Å²) in [5.74, 6) is -0.286. The van der Waals surface area contributed by atoms with Crippen LogP contribution in [0.1, 0.15) is 24.5 Å². The molecule has 17 heavy (non-hydrogen) atoms. The van der Waals surface area contributed by atoms with Crippen LogP contribution in [0, 0.1) is 5.92 Å². The summed E-state index contributed by atoms with van der Waals surface area (Å²) in [4.78, 5) is 10.8. The van der Waals surface area contributed by atoms with Crippen molar-refractivity contribution < 1.29 is 19.7 Å². The molecule has 2 rings (SSSR count). The minimum absolute atomic E-state index is 0.285. The zero-order valence-electron chi connectivity index (χ0n) is 9.10. The lowest BCUT2D eigenvalue weighted by Crippen LogP contribution is -2.13. The number of rotatable bonds is 5. The molecule has 1 saturated carbocycles. The van der Waals surface area contributed by atoms with Crippen molar-refractivity contribution in [3.8, 4) is 5.75 Å². The molecule has 1 fully saturated rings. The van der Waals surface area contributed by atoms with Crippen molar-refractivity contribution >= 4 is 21.9 Å². The first kappa shape index (κ1) is 12.4. The van der Waals surface area contributed by atoms with E-state index in [2.05, 4.69) is 15.9 Å². The molecule has 1 aliphatic carbocycles. The number of hydrogen-bond donors (Lipinski definition) is 2. The maximum atomic E-state index is 10.8. The van der Waals surface area contributed by atoms with Crippen molar-refractivity contribution in [3.05, 3.63) is 28.2 Å². The Bertz CT molecular complexity index is 429. The van der Waals surface area contributed by atoms with E-state index in [0.29, 0.717) is 22.7 Å². The monoisotopic (exact) mass is 300 g/mol. The van der Waals surface area contributed by atoms with Crippen LogP contribution in [0.3, 0.4) is 0 Å². The molecule has 0 heterocycles. The zero-order valence-corrected chi connectivity index (χ0v) is 10.7. The molecule has 4 nitrogen and oxygen atoms in total. The second kappa shape index (κ2) is 5.06. The number of carboxylic acid groups (broad SMARTS) is 1. The standard InChI is InChI=1S/C12H13BrO4/c13-9-3-1-2-8(10(14)12(15)16)11(9)17-6-7-4-5-7/h1-3,7,10,14H,4-6H2,(H,15,16). The molecule has 2 N–H and O–H groups in total. The van der Waals surface area contributed by atoms with Gasteiger partial charge in [0.1, 0.15) is 5.75 Å². The molecular formula is C12H13BrO4. The van der Waals surface area contributed by atoms with Gasteiger partial charge < -0.3 is 14.9 Å². The van der Waals surface area contributed by atoms with Crippen molar-refractivity contribution in [2.75, 3.05) is 6.61 Å². The van der Waals surface area contributed by atoms with Crippen LogP contribution in [-0.2, 0) is 4.79 Å². The number of para-hydroxylation sites is 1. The molecule has 92 valence electrons. The third-order valence-electron chi connectivity index (χ3n) is 2.69. The van der Waals surface area contributed by atoms with E-state index in [1.807, 2.05) is 0 Å². The number of aliphatic hydroxyl groups is 1. The number of hydrogen-bond acceptors (Lipinski definition) is 3. The molecule has 1 aromatic carbocycles. The first-order valence-corrected chi connectivity index (χ1v) is 6.21. The second-order valence-corrected chi connectivity index (χ2v) is 5.01. The number of aliphatic carboxylic acids is 1. The molecule has 1 aromatic rings. The van der Waals surface area contributed by atoms with Gasteiger partial charge in [-0.2, -0.15) is 0 Å². The van der Waals surface area contributed by atoms with E-state index in [1.54, 1.807) is 18.2 Å². The van der Waals surface area contributed by atoms with Gasteiger partial charge in [-0.1, -0.05) is 12.1 Å². The lowest BCUT2D eigenvalue weighted by atomic mass is 10.1. The maximum absolute atomic E-state index is 10.8. The highest BCUT2D eigenvalue weighted by Crippen LogP contribution is 2.36. The van der Waals surface area contributed by atoms with Crippen molar-refractivity contribution in [3.63, 3.8) is 0 Å². The van der Waals surface area contributed by atoms with E-state index in [0.717, 1.165) is 12.8 Å². The Morgan fingerprint density at radius 3 is 2.82 bits per heavy atom. The summed E-state index contributed by atoms with van der Waals surface area (Å²) >= 11 is 3.31. The Balaban J connectivity index is 2.22. The summed E-state index contributed by atoms with van der Waals surface area (Å²) in [6.07, 6.45) is 0.754. The van der Waals surface area contributed by atoms with Crippen LogP contribution < -0.4 is 4.74 Å². The minimum Gasteiger partial charge on any atom is -0.492 e. The average molecular weight is 301 g/mol. The lowest BCUT2D eigenvalue weighted by Gasteiger charge is -2.15. The Hall–Kier alpha value is -1.07. The average Bonchev–Trinajstić information content (AvgIpc) is 3.10. The summed E-state index contributed by atoms with van der Waals surface area (Å²) in [6.45, 7) is 0.571. The van der Waals surface area contributed by atoms with Gasteiger partial charge in [0, 0.05) is 5.56 Å². The second-order valence-electron chi connectivity index (χ2n) is 4.15. The fourth-order valence-corrected chi connectivity index (χ4v) is 2.01. The largest absolute Gasteiger partial charge is 0.492 e. The molecule has 0 bridgehead atoms. The summed E-state index contributed by atoms with van der Waals surface area (Å²) in [5, 5.41) is 18.4. The first-order valence-electron chi connectivity index (χ1n) is 5.41. The third kappa shape index (κ3) is 2.98. The van der Waals surface area contributed by atoms with Crippen LogP contribution in [0.4, 0.5) is 0 Å². The maximum Gasteiger partial charge on any atom is 0.337 e. The number of carbonyl (C=O) groups is 1. The van der Waals surface area contributed by atoms with Gasteiger partial charge in [0.25, 0.3) is 0 Å². The molecule has 1 aliphatic rings. The molecule has 0 radical (unpaired) electrons. The SMILES string of the molecule is O=C(O)C(O)c1cccc(Br)c1OCC1CC1. The van der Waals surface area contributed by atoms with Crippen LogP contribution in [0.15, 0.2) is 22.7 Å². The summed E-state index contributed by atoms with van der Waals surface area (Å²) < 4.78 is 6.26. The highest BCUT2D eigenvalue weighted by atomic mass is 79.9. The number of benzene rings is 1. The van der Waals surface area contributed by atoms with E-state index in [9.17, 15) is 9.90 Å². The van der Waals surface area contributed by atoms with Crippen molar-refractivity contribution in [2.45, 2.75) is 18.9 Å². The predicted molar refractivity (Wildman–Crippen MR) is 65.0 cm³/mol. The Morgan fingerprint density at radius 2 is 2.24 bits per heavy atom. The van der Waals surface area contributed by atoms with Gasteiger partial charge in [-0.3, -0.25) is 0 Å². The number of carboxylic acids is 1. The van der Waals surface area contributed by atoms with Crippen LogP contribution in [0.5, 0.6) is 5.75 Å². The Labute approximate surface area is 107 Å². The molecule has 0 saturated heterocycles. The minimum atomic E-state index is -1.55. The lowest BCUT2D eigenvalue weighted by molar-refractivity contribution is -0.147. The van der Waals surface area contributed by atoms with Gasteiger partial charge in [0.15, 0.2) is 6.10 Å². The molecule has 0 amide bonds. The van der Waals surface area contributed by atoms with Crippen LogP contribution >= 0.6 is 15.9 Å². The normalized spacial score (nSPS) is 16.6. The molecule has 5 heteroatoms. The van der Waals surface area contributed by atoms with Gasteiger partial charge in [-0.05, 0) is 40.8 Å². The van der Waals surface area contributed by atoms with Crippen LogP contribution in [-0.4, -0.2) is 22.8 Å². The van der Waals surface area contributed by atoms with Gasteiger partial charge in [0.2, 0.25) is 0 Å². The van der Waals surface area contributed by atoms with Gasteiger partial charge in [0.05, 0.1) is 11.1 Å². The van der Waals surface area contributed by atoms with Crippen molar-refractivity contribution in [1.82, 2.24) is 0 Å². The van der Waals surface area contributed by atoms with E-state index >= 15 is 0 Å². The van der Waals surface area contributed by atoms with E-state index in [1.165, 1.54) is 0 Å². The number of ether oxygens (including phenoxy) is 1. The van der Waals surface area contributed by atoms with Crippen LogP contribution in [0.25, 0.3) is 0 Å². The number of aliphatic hydroxyl groups excluding tert-OH is 1. The summed E-state index contributed by atoms with van der Waals surface area (Å²) in [6, 6.07) is 5.00. The molecular weight excluding hydrogens is 288 g/mol. The quantitative estimate of drug-likeness (QED) is 0.876. The molecule has 1 unspecified atom stereocenters. The highest BCUT2D eigenvalue weighted by Gasteiger charge is 2.25. The molecule has 1 atom stereocenters. The topological polar surface area (TPSA) is 66.8 Å². The van der Waals surface area contributed by atoms with Crippen molar-refractivity contribution in [2.24, 2.45) is 5.92 Å². The van der Waals surface area contributed by atoms with E-state index in [-0.39, 0.29) is 5.56 Å². The van der Waals surface area contributed by atoms with Gasteiger partial charge >= 0.3 is 5.97 Å². The Kier molecular flexibility index (Phi) is 3.69. The van der Waals surface area contributed by atoms with Gasteiger partial charge in [-0.15, -0.1) is 0 Å². The highest BCUT2D eigenvalue weighted by molar-refractivity contribution is 9.10. The molecule has 0 aromatic heterocycles. The smallest absolute Gasteiger partial charge is 0.337 e. The summed E-state index contributed by atoms with van der Waals surface area (Å²) in [7, 11) is 0. The predicted octanol–water partition coefficient (Wildman–Crippen LogP) is 2.36. The summed E-state index contributed by atoms with van der Waals surface area (Å²) in [5.41, 5.74) is 0.285. The van der Waals surface area contributed by atoms with E-state index in [4.69, 9.17) is 9.84 Å². The zero-order chi connectivity index (χ0) is 12.4. The van der Waals surface area contributed by atoms with E-state index < -0.39 is 12.1 Å². The fourth-order valence-electron chi connectivity index (χ4n) is 1.51. The fraction of sp³-hybridized carbons (Fsp3) is 0.417. The van der Waals surface area contributed by atoms with Gasteiger partial charge in [-0.25, -0.2) is 4.79 Å². The Morgan fingerprint density at radius 1 is 1.53 bits per heavy atom. The van der Waals surface area contributed by atoms with Crippen LogP contribution in [0.2, 0.25) is 0 Å². The third-order valence-corrected chi connectivity index (χ3v) is 3.31.